The molecule has 1 saturated carbocycles. The molecule has 0 saturated heterocycles. The second-order valence-corrected chi connectivity index (χ2v) is 8.82. The van der Waals surface area contributed by atoms with Gasteiger partial charge < -0.3 is 20.2 Å². The van der Waals surface area contributed by atoms with E-state index in [2.05, 4.69) is 4.98 Å². The largest absolute Gasteiger partial charge is 0.493 e. The van der Waals surface area contributed by atoms with Gasteiger partial charge in [-0.3, -0.25) is 4.79 Å². The Kier molecular flexibility index (Phi) is 6.38. The third kappa shape index (κ3) is 4.18. The van der Waals surface area contributed by atoms with Crippen LogP contribution >= 0.6 is 0 Å². The van der Waals surface area contributed by atoms with Crippen molar-refractivity contribution < 1.29 is 18.3 Å². The Hall–Kier alpha value is -2.67. The molecule has 0 radical (unpaired) electrons. The van der Waals surface area contributed by atoms with Crippen LogP contribution in [0.3, 0.4) is 0 Å². The summed E-state index contributed by atoms with van der Waals surface area (Å²) in [5, 5.41) is 1.30. The van der Waals surface area contributed by atoms with Gasteiger partial charge in [0.1, 0.15) is 12.0 Å². The minimum absolute atomic E-state index is 0.0836. The van der Waals surface area contributed by atoms with Gasteiger partial charge >= 0.3 is 0 Å². The van der Waals surface area contributed by atoms with E-state index in [4.69, 9.17) is 15.2 Å². The minimum Gasteiger partial charge on any atom is -0.493 e. The van der Waals surface area contributed by atoms with E-state index in [0.29, 0.717) is 48.1 Å². The third-order valence-electron chi connectivity index (χ3n) is 6.96. The fourth-order valence-electron chi connectivity index (χ4n) is 5.14. The molecule has 0 spiro atoms. The van der Waals surface area contributed by atoms with Crippen molar-refractivity contribution in [3.8, 4) is 11.5 Å². The summed E-state index contributed by atoms with van der Waals surface area (Å²) < 4.78 is 39.9. The number of hydrogen-bond donors (Lipinski definition) is 2. The predicted octanol–water partition coefficient (Wildman–Crippen LogP) is 5.10. The maximum absolute atomic E-state index is 14.1. The summed E-state index contributed by atoms with van der Waals surface area (Å²) in [7, 11) is 1.54. The number of fused-ring (bicyclic) bond motifs is 1. The molecule has 5 nitrogen and oxygen atoms in total. The first-order chi connectivity index (χ1) is 15.4. The zero-order chi connectivity index (χ0) is 22.9. The molecule has 32 heavy (non-hydrogen) atoms. The monoisotopic (exact) mass is 444 g/mol. The quantitative estimate of drug-likeness (QED) is 0.650. The van der Waals surface area contributed by atoms with Gasteiger partial charge in [0, 0.05) is 24.1 Å². The number of halogens is 2. The topological polar surface area (TPSA) is 77.3 Å². The molecule has 1 aromatic carbocycles. The number of nitrogens with two attached hydrogens (primary N) is 1. The maximum atomic E-state index is 14.1. The lowest BCUT2D eigenvalue weighted by Gasteiger charge is -2.46. The average Bonchev–Trinajstić information content (AvgIpc) is 2.78. The molecule has 4 rings (SSSR count). The highest BCUT2D eigenvalue weighted by molar-refractivity contribution is 5.85. The molecule has 2 aliphatic carbocycles. The molecule has 7 heteroatoms. The zero-order valence-electron chi connectivity index (χ0n) is 18.5. The molecular weight excluding hydrogens is 414 g/mol. The number of ether oxygens (including phenoxy) is 2. The number of nitrogens with one attached hydrogen (secondary N) is 1. The highest BCUT2D eigenvalue weighted by Crippen LogP contribution is 2.49. The number of benzene rings is 1. The van der Waals surface area contributed by atoms with Crippen LogP contribution in [0.5, 0.6) is 11.5 Å². The summed E-state index contributed by atoms with van der Waals surface area (Å²) in [5.41, 5.74) is 6.55. The predicted molar refractivity (Wildman–Crippen MR) is 121 cm³/mol. The summed E-state index contributed by atoms with van der Waals surface area (Å²) in [6, 6.07) is 5.13. The molecule has 172 valence electrons. The maximum Gasteiger partial charge on any atom is 0.255 e. The first kappa shape index (κ1) is 22.5. The molecule has 2 aliphatic rings. The van der Waals surface area contributed by atoms with Gasteiger partial charge in [-0.25, -0.2) is 8.78 Å². The smallest absolute Gasteiger partial charge is 0.255 e. The van der Waals surface area contributed by atoms with Crippen LogP contribution in [0.1, 0.15) is 45.4 Å². The first-order valence-electron chi connectivity index (χ1n) is 11.2. The third-order valence-corrected chi connectivity index (χ3v) is 6.96. The molecule has 1 aromatic heterocycles. The number of allylic oxidation sites excluding steroid dienone is 3. The summed E-state index contributed by atoms with van der Waals surface area (Å²) in [4.78, 5) is 14.7. The molecule has 0 aliphatic heterocycles. The number of methoxy groups -OCH3 is 1. The Labute approximate surface area is 186 Å². The van der Waals surface area contributed by atoms with Crippen LogP contribution in [-0.2, 0) is 0 Å². The van der Waals surface area contributed by atoms with Gasteiger partial charge in [0.15, 0.2) is 11.5 Å². The van der Waals surface area contributed by atoms with Gasteiger partial charge in [-0.15, -0.1) is 0 Å². The normalized spacial score (nSPS) is 26.9. The van der Waals surface area contributed by atoms with Crippen molar-refractivity contribution in [1.29, 1.82) is 0 Å². The van der Waals surface area contributed by atoms with Crippen molar-refractivity contribution in [3.63, 3.8) is 0 Å². The highest BCUT2D eigenvalue weighted by atomic mass is 19.1. The van der Waals surface area contributed by atoms with E-state index in [-0.39, 0.29) is 24.1 Å². The molecular formula is C25H30F2N2O3. The molecule has 1 heterocycles. The van der Waals surface area contributed by atoms with Crippen LogP contribution in [-0.4, -0.2) is 30.4 Å². The highest BCUT2D eigenvalue weighted by Gasteiger charge is 2.43. The van der Waals surface area contributed by atoms with Crippen molar-refractivity contribution in [2.75, 3.05) is 7.11 Å². The molecule has 2 unspecified atom stereocenters. The number of H-pyrrole nitrogens is 1. The second kappa shape index (κ2) is 9.06. The van der Waals surface area contributed by atoms with Crippen LogP contribution in [0.15, 0.2) is 52.7 Å². The van der Waals surface area contributed by atoms with Crippen LogP contribution in [0.25, 0.3) is 10.8 Å². The van der Waals surface area contributed by atoms with Crippen molar-refractivity contribution >= 4 is 10.8 Å². The van der Waals surface area contributed by atoms with Gasteiger partial charge in [-0.1, -0.05) is 6.92 Å². The SMILES string of the molecule is CCC(N)[C@]1(C2=CC(F)CC(F)=C2)CC[C@H](Oc2cc3cc[nH]c(=O)c3cc2OC)CC1. The summed E-state index contributed by atoms with van der Waals surface area (Å²) >= 11 is 0. The summed E-state index contributed by atoms with van der Waals surface area (Å²) in [6.07, 6.45) is 6.54. The first-order valence-corrected chi connectivity index (χ1v) is 11.2. The number of hydrogen-bond acceptors (Lipinski definition) is 4. The standard InChI is InChI=1S/C25H30F2N2O3/c1-3-23(28)25(16-11-17(26)13-18(27)12-16)7-4-19(5-8-25)32-22-10-15-6-9-29-24(30)20(15)14-21(22)31-2/h6,9-12,14,17,19,23H,3-5,7-8,13,28H2,1-2H3,(H,29,30)/t17?,19-,23?,25+. The Bertz CT molecular complexity index is 1100. The van der Waals surface area contributed by atoms with Crippen molar-refractivity contribution in [2.24, 2.45) is 11.1 Å². The van der Waals surface area contributed by atoms with Gasteiger partial charge in [-0.2, -0.15) is 0 Å². The van der Waals surface area contributed by atoms with Crippen molar-refractivity contribution in [1.82, 2.24) is 4.98 Å². The van der Waals surface area contributed by atoms with E-state index < -0.39 is 17.4 Å². The molecule has 0 amide bonds. The van der Waals surface area contributed by atoms with Gasteiger partial charge in [0.25, 0.3) is 5.56 Å². The van der Waals surface area contributed by atoms with Crippen LogP contribution in [0, 0.1) is 5.41 Å². The fraction of sp³-hybridized carbons (Fsp3) is 0.480. The number of alkyl halides is 1. The van der Waals surface area contributed by atoms with Gasteiger partial charge in [0.2, 0.25) is 0 Å². The minimum atomic E-state index is -1.31. The van der Waals surface area contributed by atoms with Crippen molar-refractivity contribution in [3.05, 3.63) is 58.3 Å². The number of aromatic nitrogens is 1. The average molecular weight is 445 g/mol. The number of rotatable bonds is 6. The van der Waals surface area contributed by atoms with Crippen LogP contribution in [0.4, 0.5) is 8.78 Å². The van der Waals surface area contributed by atoms with E-state index in [1.54, 1.807) is 25.4 Å². The summed E-state index contributed by atoms with van der Waals surface area (Å²) in [5.74, 6) is 0.651. The van der Waals surface area contributed by atoms with Crippen LogP contribution in [0.2, 0.25) is 0 Å². The molecule has 0 bridgehead atoms. The lowest BCUT2D eigenvalue weighted by molar-refractivity contribution is 0.0812. The van der Waals surface area contributed by atoms with Gasteiger partial charge in [0.05, 0.1) is 18.6 Å². The number of aromatic amines is 1. The van der Waals surface area contributed by atoms with Gasteiger partial charge in [-0.05, 0) is 73.4 Å². The Morgan fingerprint density at radius 2 is 2.03 bits per heavy atom. The van der Waals surface area contributed by atoms with E-state index in [0.717, 1.165) is 11.8 Å². The lowest BCUT2D eigenvalue weighted by atomic mass is 9.62. The number of pyridine rings is 1. The fourth-order valence-corrected chi connectivity index (χ4v) is 5.14. The Morgan fingerprint density at radius 1 is 1.28 bits per heavy atom. The lowest BCUT2D eigenvalue weighted by Crippen LogP contribution is -2.47. The van der Waals surface area contributed by atoms with E-state index >= 15 is 0 Å². The molecule has 2 atom stereocenters. The second-order valence-electron chi connectivity index (χ2n) is 8.82. The van der Waals surface area contributed by atoms with E-state index in [1.807, 2.05) is 19.1 Å². The molecule has 3 N–H and O–H groups in total. The molecule has 2 aromatic rings. The van der Waals surface area contributed by atoms with Crippen molar-refractivity contribution in [2.45, 2.75) is 63.8 Å². The zero-order valence-corrected chi connectivity index (χ0v) is 18.5. The molecule has 1 fully saturated rings. The van der Waals surface area contributed by atoms with E-state index in [1.165, 1.54) is 6.08 Å². The van der Waals surface area contributed by atoms with Crippen LogP contribution < -0.4 is 20.8 Å². The Balaban J connectivity index is 1.57. The van der Waals surface area contributed by atoms with E-state index in [9.17, 15) is 13.6 Å². The Morgan fingerprint density at radius 3 is 2.69 bits per heavy atom. The summed E-state index contributed by atoms with van der Waals surface area (Å²) in [6.45, 7) is 2.01.